The normalized spacial score (nSPS) is 13.1. The number of methoxy groups -OCH3 is 1. The molecule has 0 radical (unpaired) electrons. The SMILES string of the molecule is CCCCc1ccc2sc(CC(C)C(=O)c3c(O)cc(C(C)CC/C=C/NC(=O)OC)oc3=O)cc2c1. The summed E-state index contributed by atoms with van der Waals surface area (Å²) in [7, 11) is 1.28. The van der Waals surface area contributed by atoms with E-state index in [1.807, 2.05) is 6.92 Å². The van der Waals surface area contributed by atoms with Crippen molar-refractivity contribution >= 4 is 33.3 Å². The van der Waals surface area contributed by atoms with Crippen LogP contribution >= 0.6 is 11.3 Å². The van der Waals surface area contributed by atoms with Crippen LogP contribution in [0.25, 0.3) is 10.1 Å². The van der Waals surface area contributed by atoms with Gasteiger partial charge in [0.15, 0.2) is 5.78 Å². The number of hydrogen-bond donors (Lipinski definition) is 2. The van der Waals surface area contributed by atoms with E-state index in [2.05, 4.69) is 41.2 Å². The molecule has 37 heavy (non-hydrogen) atoms. The number of benzene rings is 1. The maximum Gasteiger partial charge on any atom is 0.410 e. The van der Waals surface area contributed by atoms with Crippen LogP contribution in [0.5, 0.6) is 5.75 Å². The Balaban J connectivity index is 1.66. The van der Waals surface area contributed by atoms with Crippen LogP contribution in [0.3, 0.4) is 0 Å². The summed E-state index contributed by atoms with van der Waals surface area (Å²) in [5, 5.41) is 14.2. The summed E-state index contributed by atoms with van der Waals surface area (Å²) in [6.45, 7) is 5.81. The number of carbonyl (C=O) groups excluding carboxylic acids is 2. The Kier molecular flexibility index (Phi) is 10.1. The molecule has 0 spiro atoms. The molecule has 0 fully saturated rings. The second kappa shape index (κ2) is 13.2. The van der Waals surface area contributed by atoms with Gasteiger partial charge in [0.2, 0.25) is 0 Å². The lowest BCUT2D eigenvalue weighted by Crippen LogP contribution is -2.22. The molecule has 1 amide bonds. The zero-order valence-electron chi connectivity index (χ0n) is 21.8. The molecule has 2 aromatic heterocycles. The van der Waals surface area contributed by atoms with Crippen molar-refractivity contribution in [1.82, 2.24) is 5.32 Å². The maximum atomic E-state index is 13.1. The highest BCUT2D eigenvalue weighted by atomic mass is 32.1. The molecule has 7 nitrogen and oxygen atoms in total. The minimum atomic E-state index is -0.821. The highest BCUT2D eigenvalue weighted by Gasteiger charge is 2.25. The number of aromatic hydroxyl groups is 1. The van der Waals surface area contributed by atoms with Gasteiger partial charge in [0.1, 0.15) is 17.1 Å². The van der Waals surface area contributed by atoms with E-state index >= 15 is 0 Å². The first kappa shape index (κ1) is 28.2. The van der Waals surface area contributed by atoms with Crippen molar-refractivity contribution in [3.8, 4) is 5.75 Å². The predicted molar refractivity (Wildman–Crippen MR) is 147 cm³/mol. The summed E-state index contributed by atoms with van der Waals surface area (Å²) in [6.07, 6.45) is 7.73. The number of carbonyl (C=O) groups is 2. The predicted octanol–water partition coefficient (Wildman–Crippen LogP) is 6.72. The Bertz CT molecular complexity index is 1320. The Morgan fingerprint density at radius 3 is 2.70 bits per heavy atom. The zero-order valence-corrected chi connectivity index (χ0v) is 22.7. The fourth-order valence-electron chi connectivity index (χ4n) is 4.15. The Hall–Kier alpha value is -3.39. The third-order valence-electron chi connectivity index (χ3n) is 6.36. The van der Waals surface area contributed by atoms with Crippen molar-refractivity contribution in [3.63, 3.8) is 0 Å². The number of thiophene rings is 1. The van der Waals surface area contributed by atoms with E-state index in [1.54, 1.807) is 24.3 Å². The van der Waals surface area contributed by atoms with Crippen molar-refractivity contribution < 1.29 is 23.8 Å². The molecular weight excluding hydrogens is 490 g/mol. The number of fused-ring (bicyclic) bond motifs is 1. The average molecular weight is 526 g/mol. The second-order valence-electron chi connectivity index (χ2n) is 9.37. The summed E-state index contributed by atoms with van der Waals surface area (Å²) >= 11 is 1.65. The number of Topliss-reactive ketones (excluding diaryl/α,β-unsaturated/α-hetero) is 1. The van der Waals surface area contributed by atoms with Crippen LogP contribution in [0.1, 0.15) is 78.9 Å². The van der Waals surface area contributed by atoms with Crippen molar-refractivity contribution in [1.29, 1.82) is 0 Å². The van der Waals surface area contributed by atoms with Gasteiger partial charge in [-0.3, -0.25) is 10.1 Å². The zero-order chi connectivity index (χ0) is 26.9. The Labute approximate surface area is 221 Å². The standard InChI is InChI=1S/C29H35NO6S/c1-5-6-10-20-11-12-25-21(15-20)16-22(37-25)14-19(3)27(32)26-23(31)17-24(36-28(26)33)18(2)9-7-8-13-30-29(34)35-4/h8,11-13,15-19,31H,5-7,9-10,14H2,1-4H3,(H,30,34)/b13-8+. The smallest absolute Gasteiger partial charge is 0.410 e. The van der Waals surface area contributed by atoms with E-state index in [4.69, 9.17) is 4.42 Å². The molecule has 3 rings (SSSR count). The van der Waals surface area contributed by atoms with Crippen molar-refractivity contribution in [2.45, 2.75) is 65.2 Å². The largest absolute Gasteiger partial charge is 0.507 e. The van der Waals surface area contributed by atoms with Gasteiger partial charge in [-0.15, -0.1) is 11.3 Å². The highest BCUT2D eigenvalue weighted by Crippen LogP contribution is 2.31. The maximum absolute atomic E-state index is 13.1. The number of ketones is 1. The van der Waals surface area contributed by atoms with Gasteiger partial charge >= 0.3 is 11.7 Å². The van der Waals surface area contributed by atoms with Crippen molar-refractivity contribution in [2.24, 2.45) is 5.92 Å². The molecule has 0 aliphatic heterocycles. The average Bonchev–Trinajstić information content (AvgIpc) is 3.27. The highest BCUT2D eigenvalue weighted by molar-refractivity contribution is 7.19. The van der Waals surface area contributed by atoms with Gasteiger partial charge < -0.3 is 14.3 Å². The number of amides is 1. The van der Waals surface area contributed by atoms with Gasteiger partial charge in [-0.05, 0) is 55.2 Å². The molecule has 8 heteroatoms. The van der Waals surface area contributed by atoms with Gasteiger partial charge in [-0.1, -0.05) is 45.4 Å². The summed E-state index contributed by atoms with van der Waals surface area (Å²) < 4.78 is 11.1. The molecule has 2 heterocycles. The van der Waals surface area contributed by atoms with Crippen LogP contribution in [0.4, 0.5) is 4.79 Å². The van der Waals surface area contributed by atoms with E-state index in [0.29, 0.717) is 25.0 Å². The van der Waals surface area contributed by atoms with E-state index in [1.165, 1.54) is 35.0 Å². The lowest BCUT2D eigenvalue weighted by atomic mass is 9.95. The second-order valence-corrected chi connectivity index (χ2v) is 10.5. The van der Waals surface area contributed by atoms with Crippen LogP contribution in [-0.2, 0) is 17.6 Å². The molecule has 0 saturated carbocycles. The van der Waals surface area contributed by atoms with Crippen LogP contribution in [-0.4, -0.2) is 24.1 Å². The summed E-state index contributed by atoms with van der Waals surface area (Å²) in [4.78, 5) is 37.9. The number of rotatable bonds is 12. The minimum absolute atomic E-state index is 0.177. The third-order valence-corrected chi connectivity index (χ3v) is 7.50. The lowest BCUT2D eigenvalue weighted by Gasteiger charge is -2.13. The molecule has 2 atom stereocenters. The fraction of sp³-hybridized carbons (Fsp3) is 0.414. The summed E-state index contributed by atoms with van der Waals surface area (Å²) in [5.74, 6) is -1.14. The molecule has 2 unspecified atom stereocenters. The summed E-state index contributed by atoms with van der Waals surface area (Å²) in [6, 6.07) is 9.98. The monoisotopic (exact) mass is 525 g/mol. The first-order valence-electron chi connectivity index (χ1n) is 12.7. The fourth-order valence-corrected chi connectivity index (χ4v) is 5.33. The van der Waals surface area contributed by atoms with E-state index in [-0.39, 0.29) is 17.2 Å². The van der Waals surface area contributed by atoms with Crippen LogP contribution in [0.15, 0.2) is 51.8 Å². The number of nitrogens with one attached hydrogen (secondary N) is 1. The molecule has 0 bridgehead atoms. The number of unbranched alkanes of at least 4 members (excludes halogenated alkanes) is 1. The van der Waals surface area contributed by atoms with Gasteiger partial charge in [0, 0.05) is 33.7 Å². The van der Waals surface area contributed by atoms with E-state index < -0.39 is 23.4 Å². The molecule has 198 valence electrons. The minimum Gasteiger partial charge on any atom is -0.507 e. The van der Waals surface area contributed by atoms with Gasteiger partial charge in [-0.25, -0.2) is 9.59 Å². The van der Waals surface area contributed by atoms with Gasteiger partial charge in [0.05, 0.1) is 7.11 Å². The number of alkyl carbamates (subject to hydrolysis) is 1. The molecular formula is C29H35NO6S. The Morgan fingerprint density at radius 2 is 2.00 bits per heavy atom. The van der Waals surface area contributed by atoms with E-state index in [9.17, 15) is 19.5 Å². The third kappa shape index (κ3) is 7.55. The van der Waals surface area contributed by atoms with E-state index in [0.717, 1.165) is 24.1 Å². The molecule has 0 aliphatic carbocycles. The van der Waals surface area contributed by atoms with Gasteiger partial charge in [0.25, 0.3) is 0 Å². The number of hydrogen-bond acceptors (Lipinski definition) is 7. The van der Waals surface area contributed by atoms with Crippen LogP contribution < -0.4 is 10.9 Å². The first-order chi connectivity index (χ1) is 17.7. The van der Waals surface area contributed by atoms with Crippen LogP contribution in [0.2, 0.25) is 0 Å². The summed E-state index contributed by atoms with van der Waals surface area (Å²) in [5.41, 5.74) is 0.195. The number of ether oxygens (including phenoxy) is 1. The lowest BCUT2D eigenvalue weighted by molar-refractivity contribution is 0.0922. The van der Waals surface area contributed by atoms with Gasteiger partial charge in [-0.2, -0.15) is 0 Å². The van der Waals surface area contributed by atoms with Crippen molar-refractivity contribution in [3.05, 3.63) is 74.8 Å². The van der Waals surface area contributed by atoms with Crippen LogP contribution in [0, 0.1) is 5.92 Å². The molecule has 3 aromatic rings. The Morgan fingerprint density at radius 1 is 1.22 bits per heavy atom. The first-order valence-corrected chi connectivity index (χ1v) is 13.5. The molecule has 2 N–H and O–H groups in total. The van der Waals surface area contributed by atoms with Crippen molar-refractivity contribution in [2.75, 3.05) is 7.11 Å². The quantitative estimate of drug-likeness (QED) is 0.254. The number of aryl methyl sites for hydroxylation is 1. The molecule has 1 aromatic carbocycles. The molecule has 0 aliphatic rings. The topological polar surface area (TPSA) is 106 Å². The number of allylic oxidation sites excluding steroid dienone is 1. The molecule has 0 saturated heterocycles.